The Labute approximate surface area is 74.6 Å². The highest BCUT2D eigenvalue weighted by Gasteiger charge is 2.01. The number of rotatable bonds is 2. The van der Waals surface area contributed by atoms with E-state index in [1.54, 1.807) is 12.1 Å². The van der Waals surface area contributed by atoms with Crippen molar-refractivity contribution in [1.29, 1.82) is 0 Å². The molecule has 0 radical (unpaired) electrons. The van der Waals surface area contributed by atoms with Gasteiger partial charge in [-0.2, -0.15) is 10.3 Å². The van der Waals surface area contributed by atoms with Gasteiger partial charge in [0.1, 0.15) is 5.84 Å². The molecular weight excluding hydrogens is 172 g/mol. The fourth-order valence-electron chi connectivity index (χ4n) is 0.858. The Balaban J connectivity index is 2.94. The number of hydrazone groups is 1. The average Bonchev–Trinajstić information content (AvgIpc) is 2.17. The van der Waals surface area contributed by atoms with Gasteiger partial charge in [0.15, 0.2) is 5.69 Å². The number of hydrogen-bond donors (Lipinski definition) is 4. The van der Waals surface area contributed by atoms with Crippen molar-refractivity contribution in [2.75, 3.05) is 0 Å². The molecule has 6 nitrogen and oxygen atoms in total. The molecule has 1 aromatic rings. The van der Waals surface area contributed by atoms with Gasteiger partial charge >= 0.3 is 0 Å². The fraction of sp³-hybridized carbons (Fsp3) is 0. The first-order valence-electron chi connectivity index (χ1n) is 3.52. The minimum absolute atomic E-state index is 0.178. The van der Waals surface area contributed by atoms with Crippen LogP contribution in [0.3, 0.4) is 0 Å². The van der Waals surface area contributed by atoms with Gasteiger partial charge in [0.25, 0.3) is 0 Å². The fourth-order valence-corrected chi connectivity index (χ4v) is 0.858. The number of hydrogen-bond acceptors (Lipinski definition) is 4. The molecule has 6 N–H and O–H groups in total. The highest BCUT2D eigenvalue weighted by Crippen LogP contribution is 2.04. The maximum absolute atomic E-state index is 10.5. The van der Waals surface area contributed by atoms with Gasteiger partial charge in [-0.25, -0.2) is 5.21 Å². The lowest BCUT2D eigenvalue weighted by Gasteiger charge is -2.11. The Bertz CT molecular complexity index is 307. The number of nitrogens with two attached hydrogens (primary N) is 2. The second-order valence-corrected chi connectivity index (χ2v) is 2.40. The van der Waals surface area contributed by atoms with Crippen LogP contribution in [0.4, 0.5) is 5.69 Å². The van der Waals surface area contributed by atoms with Gasteiger partial charge in [-0.15, -0.1) is 0 Å². The second kappa shape index (κ2) is 3.85. The summed E-state index contributed by atoms with van der Waals surface area (Å²) in [6, 6.07) is 5.98. The van der Waals surface area contributed by atoms with Gasteiger partial charge in [-0.05, 0) is 12.1 Å². The lowest BCUT2D eigenvalue weighted by molar-refractivity contribution is -0.991. The van der Waals surface area contributed by atoms with Crippen LogP contribution in [-0.2, 0) is 0 Å². The molecule has 1 aromatic carbocycles. The van der Waals surface area contributed by atoms with Crippen molar-refractivity contribution in [3.8, 4) is 0 Å². The standard InChI is InChI=1S/C7H10N4O2/c8-7(10-9)5-1-3-6(4-2-5)11(12)13/h1-4,11-12H,9H2,(H2,8,10). The second-order valence-electron chi connectivity index (χ2n) is 2.40. The van der Waals surface area contributed by atoms with E-state index in [0.29, 0.717) is 5.56 Å². The summed E-state index contributed by atoms with van der Waals surface area (Å²) in [7, 11) is 0. The summed E-state index contributed by atoms with van der Waals surface area (Å²) in [5.41, 5.74) is 6.20. The van der Waals surface area contributed by atoms with Gasteiger partial charge in [-0.1, -0.05) is 0 Å². The van der Waals surface area contributed by atoms with Gasteiger partial charge in [0.05, 0.1) is 0 Å². The molecule has 0 aliphatic rings. The molecule has 0 amide bonds. The maximum atomic E-state index is 10.5. The van der Waals surface area contributed by atoms with E-state index >= 15 is 0 Å². The summed E-state index contributed by atoms with van der Waals surface area (Å²) in [5, 5.41) is 21.4. The summed E-state index contributed by atoms with van der Waals surface area (Å²) in [5.74, 6) is 5.13. The van der Waals surface area contributed by atoms with Crippen molar-refractivity contribution in [3.05, 3.63) is 35.0 Å². The molecule has 0 saturated heterocycles. The zero-order chi connectivity index (χ0) is 9.84. The first-order chi connectivity index (χ1) is 6.15. The van der Waals surface area contributed by atoms with E-state index < -0.39 is 5.23 Å². The molecule has 0 aliphatic carbocycles. The van der Waals surface area contributed by atoms with E-state index in [9.17, 15) is 5.21 Å². The smallest absolute Gasteiger partial charge is 0.163 e. The van der Waals surface area contributed by atoms with Crippen molar-refractivity contribution in [2.45, 2.75) is 0 Å². The normalized spacial score (nSPS) is 14.2. The van der Waals surface area contributed by atoms with Crippen LogP contribution in [-0.4, -0.2) is 11.0 Å². The van der Waals surface area contributed by atoms with Crippen molar-refractivity contribution >= 4 is 11.5 Å². The molecule has 1 unspecified atom stereocenters. The summed E-state index contributed by atoms with van der Waals surface area (Å²) >= 11 is 0. The third-order valence-corrected chi connectivity index (χ3v) is 1.57. The maximum Gasteiger partial charge on any atom is 0.163 e. The van der Waals surface area contributed by atoms with Crippen LogP contribution in [0.2, 0.25) is 0 Å². The predicted octanol–water partition coefficient (Wildman–Crippen LogP) is -1.33. The Morgan fingerprint density at radius 3 is 2.31 bits per heavy atom. The molecule has 1 rings (SSSR count). The lowest BCUT2D eigenvalue weighted by Crippen LogP contribution is -2.99. The number of nitrogens with one attached hydrogen (secondary N) is 1. The van der Waals surface area contributed by atoms with Crippen molar-refractivity contribution in [3.63, 3.8) is 0 Å². The predicted molar refractivity (Wildman–Crippen MR) is 47.1 cm³/mol. The van der Waals surface area contributed by atoms with Crippen LogP contribution in [0.25, 0.3) is 0 Å². The molecule has 0 fully saturated rings. The highest BCUT2D eigenvalue weighted by molar-refractivity contribution is 5.97. The van der Waals surface area contributed by atoms with Gasteiger partial charge < -0.3 is 16.8 Å². The Morgan fingerprint density at radius 1 is 1.38 bits per heavy atom. The molecule has 0 saturated carbocycles. The zero-order valence-corrected chi connectivity index (χ0v) is 6.77. The number of nitrogens with zero attached hydrogens (tertiary/aromatic N) is 1. The van der Waals surface area contributed by atoms with Crippen molar-refractivity contribution in [1.82, 2.24) is 0 Å². The van der Waals surface area contributed by atoms with E-state index in [1.165, 1.54) is 12.1 Å². The van der Waals surface area contributed by atoms with E-state index in [0.717, 1.165) is 0 Å². The highest BCUT2D eigenvalue weighted by atomic mass is 16.8. The van der Waals surface area contributed by atoms with E-state index in [2.05, 4.69) is 5.10 Å². The van der Waals surface area contributed by atoms with Crippen LogP contribution in [0.5, 0.6) is 0 Å². The van der Waals surface area contributed by atoms with Crippen LogP contribution in [0, 0.1) is 5.21 Å². The van der Waals surface area contributed by atoms with E-state index in [4.69, 9.17) is 16.8 Å². The van der Waals surface area contributed by atoms with Crippen LogP contribution in [0.1, 0.15) is 5.56 Å². The van der Waals surface area contributed by atoms with Gasteiger partial charge in [-0.3, -0.25) is 0 Å². The molecule has 0 aromatic heterocycles. The SMILES string of the molecule is NN=C(N)c1ccc([NH+]([O-])O)cc1. The molecule has 0 spiro atoms. The number of benzene rings is 1. The third-order valence-electron chi connectivity index (χ3n) is 1.57. The summed E-state index contributed by atoms with van der Waals surface area (Å²) in [6.45, 7) is 0. The van der Waals surface area contributed by atoms with Crippen molar-refractivity contribution in [2.24, 2.45) is 16.7 Å². The molecule has 6 heteroatoms. The monoisotopic (exact) mass is 182 g/mol. The molecule has 0 heterocycles. The summed E-state index contributed by atoms with van der Waals surface area (Å²) in [4.78, 5) is 0. The number of amidine groups is 1. The van der Waals surface area contributed by atoms with Gasteiger partial charge in [0.2, 0.25) is 0 Å². The quantitative estimate of drug-likeness (QED) is 0.196. The van der Waals surface area contributed by atoms with E-state index in [1.807, 2.05) is 0 Å². The molecule has 0 bridgehead atoms. The first-order valence-corrected chi connectivity index (χ1v) is 3.52. The number of quaternary nitrogens is 1. The van der Waals surface area contributed by atoms with Crippen molar-refractivity contribution < 1.29 is 10.4 Å². The summed E-state index contributed by atoms with van der Waals surface area (Å²) in [6.07, 6.45) is 0. The van der Waals surface area contributed by atoms with Crippen LogP contribution >= 0.6 is 0 Å². The molecule has 13 heavy (non-hydrogen) atoms. The lowest BCUT2D eigenvalue weighted by atomic mass is 10.2. The van der Waals surface area contributed by atoms with Gasteiger partial charge in [0, 0.05) is 17.7 Å². The van der Waals surface area contributed by atoms with E-state index in [-0.39, 0.29) is 11.5 Å². The molecule has 0 aliphatic heterocycles. The molecule has 1 atom stereocenters. The average molecular weight is 182 g/mol. The Kier molecular flexibility index (Phi) is 2.80. The third kappa shape index (κ3) is 2.15. The zero-order valence-electron chi connectivity index (χ0n) is 6.77. The largest absolute Gasteiger partial charge is 0.595 e. The molecular formula is C7H10N4O2. The first kappa shape index (κ1) is 9.46. The minimum atomic E-state index is -0.977. The van der Waals surface area contributed by atoms with Crippen LogP contribution < -0.4 is 16.8 Å². The summed E-state index contributed by atoms with van der Waals surface area (Å²) < 4.78 is 0. The van der Waals surface area contributed by atoms with Crippen LogP contribution in [0.15, 0.2) is 29.4 Å². The topological polar surface area (TPSA) is 112 Å². The Hall–Kier alpha value is -1.63. The minimum Gasteiger partial charge on any atom is -0.595 e. The Morgan fingerprint density at radius 2 is 1.92 bits per heavy atom. The molecule has 70 valence electrons.